The fraction of sp³-hybridized carbons (Fsp3) is 0.400. The number of carbonyl (C=O) groups excluding carboxylic acids is 2. The highest BCUT2D eigenvalue weighted by Crippen LogP contribution is 2.21. The molecule has 2 rings (SSSR count). The monoisotopic (exact) mass is 290 g/mol. The Morgan fingerprint density at radius 3 is 2.57 bits per heavy atom. The molecule has 0 heterocycles. The highest BCUT2D eigenvalue weighted by molar-refractivity contribution is 5.98. The molecular weight excluding hydrogens is 272 g/mol. The number of hydrogen-bond acceptors (Lipinski definition) is 3. The van der Waals surface area contributed by atoms with E-state index in [9.17, 15) is 14.4 Å². The van der Waals surface area contributed by atoms with Crippen molar-refractivity contribution in [3.8, 4) is 0 Å². The number of carbonyl (C=O) groups is 3. The molecule has 0 aliphatic heterocycles. The fourth-order valence-electron chi connectivity index (χ4n) is 1.83. The maximum atomic E-state index is 12.0. The van der Waals surface area contributed by atoms with Gasteiger partial charge in [0, 0.05) is 23.7 Å². The first-order valence-electron chi connectivity index (χ1n) is 6.89. The minimum Gasteiger partial charge on any atom is -0.481 e. The predicted molar refractivity (Wildman–Crippen MR) is 77.2 cm³/mol. The third-order valence-electron chi connectivity index (χ3n) is 3.25. The number of anilines is 1. The first-order valence-corrected chi connectivity index (χ1v) is 6.89. The third kappa shape index (κ3) is 4.59. The molecule has 0 aromatic heterocycles. The van der Waals surface area contributed by atoms with Gasteiger partial charge in [0.15, 0.2) is 0 Å². The van der Waals surface area contributed by atoms with Crippen molar-refractivity contribution in [2.24, 2.45) is 0 Å². The summed E-state index contributed by atoms with van der Waals surface area (Å²) in [4.78, 5) is 34.1. The van der Waals surface area contributed by atoms with E-state index < -0.39 is 5.97 Å². The Balaban J connectivity index is 2.02. The molecule has 3 N–H and O–H groups in total. The molecule has 112 valence electrons. The largest absolute Gasteiger partial charge is 0.481 e. The second kappa shape index (κ2) is 6.39. The maximum Gasteiger partial charge on any atom is 0.303 e. The van der Waals surface area contributed by atoms with Crippen molar-refractivity contribution in [2.45, 2.75) is 38.6 Å². The van der Waals surface area contributed by atoms with E-state index in [0.717, 1.165) is 18.4 Å². The summed E-state index contributed by atoms with van der Waals surface area (Å²) in [6.07, 6.45) is 1.72. The molecule has 1 aliphatic rings. The Kier molecular flexibility index (Phi) is 4.57. The Labute approximate surface area is 122 Å². The summed E-state index contributed by atoms with van der Waals surface area (Å²) in [7, 11) is 0. The predicted octanol–water partition coefficient (Wildman–Crippen LogP) is 1.69. The van der Waals surface area contributed by atoms with Crippen LogP contribution >= 0.6 is 0 Å². The minimum absolute atomic E-state index is 0.0900. The SMILES string of the molecule is Cc1ccc(C(=O)NC2CC2)cc1NC(=O)CCC(=O)O. The van der Waals surface area contributed by atoms with Crippen molar-refractivity contribution in [2.75, 3.05) is 5.32 Å². The van der Waals surface area contributed by atoms with Gasteiger partial charge in [-0.2, -0.15) is 0 Å². The molecule has 1 fully saturated rings. The summed E-state index contributed by atoms with van der Waals surface area (Å²) >= 11 is 0. The zero-order valence-corrected chi connectivity index (χ0v) is 11.8. The molecule has 0 atom stereocenters. The van der Waals surface area contributed by atoms with E-state index >= 15 is 0 Å². The number of carboxylic acid groups (broad SMARTS) is 1. The Morgan fingerprint density at radius 1 is 1.24 bits per heavy atom. The van der Waals surface area contributed by atoms with Crippen LogP contribution in [0.4, 0.5) is 5.69 Å². The summed E-state index contributed by atoms with van der Waals surface area (Å²) < 4.78 is 0. The zero-order valence-electron chi connectivity index (χ0n) is 11.8. The van der Waals surface area contributed by atoms with Crippen molar-refractivity contribution in [1.82, 2.24) is 5.32 Å². The average Bonchev–Trinajstić information content (AvgIpc) is 3.22. The van der Waals surface area contributed by atoms with Crippen molar-refractivity contribution < 1.29 is 19.5 Å². The van der Waals surface area contributed by atoms with Gasteiger partial charge < -0.3 is 15.7 Å². The van der Waals surface area contributed by atoms with Crippen molar-refractivity contribution >= 4 is 23.5 Å². The van der Waals surface area contributed by atoms with Gasteiger partial charge in [0.05, 0.1) is 6.42 Å². The van der Waals surface area contributed by atoms with E-state index in [2.05, 4.69) is 10.6 Å². The molecule has 0 spiro atoms. The van der Waals surface area contributed by atoms with Crippen LogP contribution in [0.1, 0.15) is 41.6 Å². The summed E-state index contributed by atoms with van der Waals surface area (Å²) in [6.45, 7) is 1.81. The second-order valence-electron chi connectivity index (χ2n) is 5.22. The summed E-state index contributed by atoms with van der Waals surface area (Å²) in [5.74, 6) is -1.54. The summed E-state index contributed by atoms with van der Waals surface area (Å²) in [6, 6.07) is 5.35. The highest BCUT2D eigenvalue weighted by Gasteiger charge is 2.24. The van der Waals surface area contributed by atoms with E-state index in [1.807, 2.05) is 6.92 Å². The lowest BCUT2D eigenvalue weighted by Crippen LogP contribution is -2.25. The normalized spacial score (nSPS) is 13.6. The number of aliphatic carboxylic acids is 1. The molecule has 6 heteroatoms. The van der Waals surface area contributed by atoms with Crippen molar-refractivity contribution in [3.05, 3.63) is 29.3 Å². The Morgan fingerprint density at radius 2 is 1.95 bits per heavy atom. The van der Waals surface area contributed by atoms with Gasteiger partial charge in [0.2, 0.25) is 5.91 Å². The number of amides is 2. The number of nitrogens with one attached hydrogen (secondary N) is 2. The van der Waals surface area contributed by atoms with Crippen LogP contribution in [-0.4, -0.2) is 28.9 Å². The molecule has 0 saturated heterocycles. The van der Waals surface area contributed by atoms with Gasteiger partial charge in [-0.15, -0.1) is 0 Å². The Hall–Kier alpha value is -2.37. The Bertz CT molecular complexity index is 579. The lowest BCUT2D eigenvalue weighted by Gasteiger charge is -2.10. The minimum atomic E-state index is -1.01. The molecule has 0 radical (unpaired) electrons. The van der Waals surface area contributed by atoms with E-state index in [-0.39, 0.29) is 30.7 Å². The molecule has 1 aliphatic carbocycles. The van der Waals surface area contributed by atoms with Gasteiger partial charge in [0.25, 0.3) is 5.91 Å². The quantitative estimate of drug-likeness (QED) is 0.743. The number of hydrogen-bond donors (Lipinski definition) is 3. The highest BCUT2D eigenvalue weighted by atomic mass is 16.4. The van der Waals surface area contributed by atoms with Gasteiger partial charge in [-0.05, 0) is 37.5 Å². The summed E-state index contributed by atoms with van der Waals surface area (Å²) in [5, 5.41) is 14.1. The molecule has 21 heavy (non-hydrogen) atoms. The molecular formula is C15H18N2O4. The summed E-state index contributed by atoms with van der Waals surface area (Å²) in [5.41, 5.74) is 1.84. The van der Waals surface area contributed by atoms with Gasteiger partial charge in [-0.3, -0.25) is 14.4 Å². The maximum absolute atomic E-state index is 12.0. The first kappa shape index (κ1) is 15.0. The third-order valence-corrected chi connectivity index (χ3v) is 3.25. The van der Waals surface area contributed by atoms with Crippen molar-refractivity contribution in [3.63, 3.8) is 0 Å². The van der Waals surface area contributed by atoms with Crippen LogP contribution in [-0.2, 0) is 9.59 Å². The van der Waals surface area contributed by atoms with Crippen LogP contribution in [0.15, 0.2) is 18.2 Å². The number of rotatable bonds is 6. The van der Waals surface area contributed by atoms with E-state index in [4.69, 9.17) is 5.11 Å². The number of aryl methyl sites for hydroxylation is 1. The fourth-order valence-corrected chi connectivity index (χ4v) is 1.83. The van der Waals surface area contributed by atoms with Crippen LogP contribution in [0.3, 0.4) is 0 Å². The molecule has 6 nitrogen and oxygen atoms in total. The average molecular weight is 290 g/mol. The van der Waals surface area contributed by atoms with Gasteiger partial charge in [0.1, 0.15) is 0 Å². The molecule has 1 saturated carbocycles. The molecule has 0 unspecified atom stereocenters. The molecule has 1 aromatic rings. The second-order valence-corrected chi connectivity index (χ2v) is 5.22. The number of carboxylic acids is 1. The van der Waals surface area contributed by atoms with Crippen LogP contribution in [0.2, 0.25) is 0 Å². The zero-order chi connectivity index (χ0) is 15.4. The lowest BCUT2D eigenvalue weighted by molar-refractivity contribution is -0.138. The lowest BCUT2D eigenvalue weighted by atomic mass is 10.1. The topological polar surface area (TPSA) is 95.5 Å². The van der Waals surface area contributed by atoms with Gasteiger partial charge >= 0.3 is 5.97 Å². The van der Waals surface area contributed by atoms with Gasteiger partial charge in [-0.25, -0.2) is 0 Å². The first-order chi connectivity index (χ1) is 9.95. The van der Waals surface area contributed by atoms with Crippen LogP contribution in [0.5, 0.6) is 0 Å². The van der Waals surface area contributed by atoms with Crippen LogP contribution in [0, 0.1) is 6.92 Å². The standard InChI is InChI=1S/C15H18N2O4/c1-9-2-3-10(15(21)16-11-4-5-11)8-12(9)17-13(18)6-7-14(19)20/h2-3,8,11H,4-7H2,1H3,(H,16,21)(H,17,18)(H,19,20). The molecule has 0 bridgehead atoms. The molecule has 2 amide bonds. The number of benzene rings is 1. The van der Waals surface area contributed by atoms with Gasteiger partial charge in [-0.1, -0.05) is 6.07 Å². The molecule has 1 aromatic carbocycles. The van der Waals surface area contributed by atoms with Crippen molar-refractivity contribution in [1.29, 1.82) is 0 Å². The van der Waals surface area contributed by atoms with E-state index in [1.165, 1.54) is 0 Å². The van der Waals surface area contributed by atoms with E-state index in [1.54, 1.807) is 18.2 Å². The van der Waals surface area contributed by atoms with Crippen LogP contribution < -0.4 is 10.6 Å². The smallest absolute Gasteiger partial charge is 0.303 e. The van der Waals surface area contributed by atoms with E-state index in [0.29, 0.717) is 11.3 Å². The van der Waals surface area contributed by atoms with Crippen LogP contribution in [0.25, 0.3) is 0 Å².